The van der Waals surface area contributed by atoms with Crippen molar-refractivity contribution in [2.45, 2.75) is 6.42 Å². The summed E-state index contributed by atoms with van der Waals surface area (Å²) in [4.78, 5) is 0. The molecule has 0 aromatic carbocycles. The summed E-state index contributed by atoms with van der Waals surface area (Å²) in [6, 6.07) is 0. The van der Waals surface area contributed by atoms with E-state index in [1.54, 1.807) is 0 Å². The van der Waals surface area contributed by atoms with Crippen LogP contribution >= 0.6 is 0 Å². The SMILES string of the molecule is C#[O+].C#[O+].C1=CCC=C1.[Co]. The molecule has 0 atom stereocenters. The predicted octanol–water partition coefficient (Wildman–Crippen LogP) is 1.51. The summed E-state index contributed by atoms with van der Waals surface area (Å²) in [6.45, 7) is 6.50. The normalized spacial score (nSPS) is 9.20. The van der Waals surface area contributed by atoms with Gasteiger partial charge in [0.1, 0.15) is 0 Å². The van der Waals surface area contributed by atoms with Crippen molar-refractivity contribution in [3.63, 3.8) is 0 Å². The molecule has 0 fully saturated rings. The minimum Gasteiger partial charge on any atom is -0.0808 e. The van der Waals surface area contributed by atoms with Crippen LogP contribution in [0.2, 0.25) is 0 Å². The maximum absolute atomic E-state index is 7.75. The summed E-state index contributed by atoms with van der Waals surface area (Å²) < 4.78 is 15.5. The summed E-state index contributed by atoms with van der Waals surface area (Å²) >= 11 is 0. The van der Waals surface area contributed by atoms with Gasteiger partial charge in [0.15, 0.2) is 0 Å². The van der Waals surface area contributed by atoms with Crippen LogP contribution in [0, 0.1) is 13.3 Å². The Labute approximate surface area is 70.6 Å². The molecule has 0 saturated carbocycles. The zero-order valence-corrected chi connectivity index (χ0v) is 6.36. The van der Waals surface area contributed by atoms with Gasteiger partial charge in [-0.05, 0) is 6.42 Å². The zero-order valence-electron chi connectivity index (χ0n) is 5.32. The fraction of sp³-hybridized carbons (Fsp3) is 0.143. The molecule has 0 amide bonds. The van der Waals surface area contributed by atoms with Crippen LogP contribution in [-0.2, 0) is 26.1 Å². The number of rotatable bonds is 0. The quantitative estimate of drug-likeness (QED) is 0.510. The minimum absolute atomic E-state index is 0. The first kappa shape index (κ1) is 16.2. The summed E-state index contributed by atoms with van der Waals surface area (Å²) in [5.74, 6) is 0. The van der Waals surface area contributed by atoms with Crippen LogP contribution in [0.15, 0.2) is 24.3 Å². The molecule has 0 heterocycles. The number of hydrogen-bond acceptors (Lipinski definition) is 0. The van der Waals surface area contributed by atoms with Crippen LogP contribution in [0.5, 0.6) is 0 Å². The first-order chi connectivity index (χ1) is 4.50. The van der Waals surface area contributed by atoms with E-state index in [1.165, 1.54) is 0 Å². The van der Waals surface area contributed by atoms with Gasteiger partial charge < -0.3 is 0 Å². The van der Waals surface area contributed by atoms with E-state index in [2.05, 4.69) is 37.6 Å². The van der Waals surface area contributed by atoms with Gasteiger partial charge in [0.05, 0.1) is 0 Å². The van der Waals surface area contributed by atoms with E-state index >= 15 is 0 Å². The zero-order chi connectivity index (χ0) is 7.54. The van der Waals surface area contributed by atoms with Crippen molar-refractivity contribution < 1.29 is 26.1 Å². The molecule has 55 valence electrons. The minimum atomic E-state index is 0. The van der Waals surface area contributed by atoms with Crippen LogP contribution in [0.1, 0.15) is 6.42 Å². The molecule has 10 heavy (non-hydrogen) atoms. The molecule has 1 aliphatic rings. The smallest absolute Gasteiger partial charge is 0 e. The van der Waals surface area contributed by atoms with E-state index < -0.39 is 0 Å². The molecule has 0 saturated heterocycles. The van der Waals surface area contributed by atoms with E-state index in [0.29, 0.717) is 0 Å². The topological polar surface area (TPSA) is 39.8 Å². The second-order valence-electron chi connectivity index (χ2n) is 1.09. The van der Waals surface area contributed by atoms with Crippen molar-refractivity contribution in [1.29, 1.82) is 0 Å². The Morgan fingerprint density at radius 1 is 0.900 bits per heavy atom. The van der Waals surface area contributed by atoms with Gasteiger partial charge in [0.25, 0.3) is 0 Å². The van der Waals surface area contributed by atoms with Crippen molar-refractivity contribution in [2.24, 2.45) is 0 Å². The van der Waals surface area contributed by atoms with Gasteiger partial charge in [0.2, 0.25) is 0 Å². The second kappa shape index (κ2) is 23.7. The summed E-state index contributed by atoms with van der Waals surface area (Å²) in [5.41, 5.74) is 0. The Morgan fingerprint density at radius 2 is 1.20 bits per heavy atom. The average molecular weight is 183 g/mol. The van der Waals surface area contributed by atoms with E-state index in [1.807, 2.05) is 0 Å². The molecule has 0 aromatic rings. The largest absolute Gasteiger partial charge is 0.0808 e. The van der Waals surface area contributed by atoms with Crippen LogP contribution in [-0.4, -0.2) is 0 Å². The van der Waals surface area contributed by atoms with Crippen LogP contribution in [0.25, 0.3) is 0 Å². The third-order valence-corrected chi connectivity index (χ3v) is 0.655. The maximum atomic E-state index is 7.75. The van der Waals surface area contributed by atoms with Gasteiger partial charge in [-0.1, -0.05) is 24.3 Å². The van der Waals surface area contributed by atoms with Crippen molar-refractivity contribution >= 4 is 0 Å². The first-order valence-corrected chi connectivity index (χ1v) is 2.29. The van der Waals surface area contributed by atoms with Gasteiger partial charge in [-0.3, -0.25) is 0 Å². The molecule has 3 heteroatoms. The van der Waals surface area contributed by atoms with Crippen molar-refractivity contribution in [3.8, 4) is 13.3 Å². The van der Waals surface area contributed by atoms with Crippen LogP contribution < -0.4 is 0 Å². The van der Waals surface area contributed by atoms with Gasteiger partial charge in [-0.25, -0.2) is 0 Å². The maximum Gasteiger partial charge on any atom is 0 e. The molecule has 1 rings (SSSR count). The van der Waals surface area contributed by atoms with Crippen molar-refractivity contribution in [1.82, 2.24) is 0 Å². The van der Waals surface area contributed by atoms with Crippen molar-refractivity contribution in [2.75, 3.05) is 0 Å². The molecule has 1 aliphatic carbocycles. The van der Waals surface area contributed by atoms with Crippen molar-refractivity contribution in [3.05, 3.63) is 24.3 Å². The third kappa shape index (κ3) is 15.7. The molecule has 0 N–H and O–H groups in total. The van der Waals surface area contributed by atoms with E-state index in [-0.39, 0.29) is 16.8 Å². The molecule has 1 radical (unpaired) electrons. The fourth-order valence-corrected chi connectivity index (χ4v) is 0.393. The predicted molar refractivity (Wildman–Crippen MR) is 34.2 cm³/mol. The number of allylic oxidation sites excluding steroid dienone is 4. The van der Waals surface area contributed by atoms with Gasteiger partial charge in [-0.2, -0.15) is 0 Å². The van der Waals surface area contributed by atoms with E-state index in [9.17, 15) is 0 Å². The van der Waals surface area contributed by atoms with Gasteiger partial charge in [-0.15, -0.1) is 0 Å². The van der Waals surface area contributed by atoms with Gasteiger partial charge in [0, 0.05) is 16.8 Å². The van der Waals surface area contributed by atoms with Crippen LogP contribution in [0.4, 0.5) is 0 Å². The molecular formula is C7H8CoO2+2. The second-order valence-corrected chi connectivity index (χ2v) is 1.09. The summed E-state index contributed by atoms with van der Waals surface area (Å²) in [5, 5.41) is 0. The Bertz CT molecular complexity index is 117. The number of hydrogen-bond donors (Lipinski definition) is 0. The third-order valence-electron chi connectivity index (χ3n) is 0.655. The molecule has 0 aromatic heterocycles. The molecule has 2 nitrogen and oxygen atoms in total. The molecule has 0 bridgehead atoms. The average Bonchev–Trinajstić information content (AvgIpc) is 2.51. The standard InChI is InChI=1S/C5H6.2CHO.Co/c1-2-4-5-3-1;2*1-2;/h1-4H,5H2;2*1H;/q;2*+1;. The molecular weight excluding hydrogens is 175 g/mol. The first-order valence-electron chi connectivity index (χ1n) is 2.29. The molecule has 0 spiro atoms. The Balaban J connectivity index is -0.0000000875. The van der Waals surface area contributed by atoms with Crippen LogP contribution in [0.3, 0.4) is 0 Å². The van der Waals surface area contributed by atoms with E-state index in [4.69, 9.17) is 9.30 Å². The summed E-state index contributed by atoms with van der Waals surface area (Å²) in [7, 11) is 0. The molecule has 0 aliphatic heterocycles. The van der Waals surface area contributed by atoms with E-state index in [0.717, 1.165) is 6.42 Å². The van der Waals surface area contributed by atoms with Gasteiger partial charge >= 0.3 is 22.6 Å². The Hall–Kier alpha value is -0.534. The Kier molecular flexibility index (Phi) is 38.4. The monoisotopic (exact) mass is 183 g/mol. The molecule has 0 unspecified atom stereocenters. The fourth-order valence-electron chi connectivity index (χ4n) is 0.393. The Morgan fingerprint density at radius 3 is 1.30 bits per heavy atom. The summed E-state index contributed by atoms with van der Waals surface area (Å²) in [6.07, 6.45) is 9.50.